The van der Waals surface area contributed by atoms with E-state index in [0.29, 0.717) is 6.07 Å². The summed E-state index contributed by atoms with van der Waals surface area (Å²) in [5.41, 5.74) is -0.484. The fourth-order valence-electron chi connectivity index (χ4n) is 2.28. The molecule has 0 heterocycles. The molecule has 0 radical (unpaired) electrons. The first-order valence-electron chi connectivity index (χ1n) is 6.95. The normalized spacial score (nSPS) is 14.7. The number of nitrogens with one attached hydrogen (secondary N) is 3. The second kappa shape index (κ2) is 7.15. The van der Waals surface area contributed by atoms with Crippen LogP contribution in [-0.2, 0) is 4.79 Å². The predicted molar refractivity (Wildman–Crippen MR) is 73.7 cm³/mol. The van der Waals surface area contributed by atoms with Gasteiger partial charge in [0.2, 0.25) is 5.91 Å². The van der Waals surface area contributed by atoms with E-state index in [-0.39, 0.29) is 6.04 Å². The Bertz CT molecular complexity index is 575. The molecule has 0 bridgehead atoms. The third-order valence-electron chi connectivity index (χ3n) is 3.41. The molecule has 0 saturated heterocycles. The van der Waals surface area contributed by atoms with Gasteiger partial charge in [-0.1, -0.05) is 12.8 Å². The lowest BCUT2D eigenvalue weighted by Crippen LogP contribution is -2.43. The molecule has 5 nitrogen and oxygen atoms in total. The Morgan fingerprint density at radius 1 is 1.09 bits per heavy atom. The van der Waals surface area contributed by atoms with Crippen molar-refractivity contribution in [1.29, 1.82) is 0 Å². The van der Waals surface area contributed by atoms with E-state index >= 15 is 0 Å². The zero-order chi connectivity index (χ0) is 16.1. The molecule has 0 unspecified atom stereocenters. The average molecular weight is 315 g/mol. The number of halogens is 3. The number of rotatable bonds is 4. The van der Waals surface area contributed by atoms with Gasteiger partial charge in [0.25, 0.3) is 0 Å². The summed E-state index contributed by atoms with van der Waals surface area (Å²) >= 11 is 0. The minimum absolute atomic E-state index is 0.103. The van der Waals surface area contributed by atoms with Crippen molar-refractivity contribution in [3.63, 3.8) is 0 Å². The van der Waals surface area contributed by atoms with Gasteiger partial charge in [-0.3, -0.25) is 4.79 Å². The van der Waals surface area contributed by atoms with Crippen molar-refractivity contribution in [2.75, 3.05) is 11.9 Å². The smallest absolute Gasteiger partial charge is 0.315 e. The van der Waals surface area contributed by atoms with E-state index in [1.807, 2.05) is 0 Å². The van der Waals surface area contributed by atoms with Gasteiger partial charge in [-0.25, -0.2) is 18.0 Å². The maximum absolute atomic E-state index is 13.4. The van der Waals surface area contributed by atoms with Crippen molar-refractivity contribution in [3.05, 3.63) is 29.6 Å². The summed E-state index contributed by atoms with van der Waals surface area (Å²) < 4.78 is 39.1. The Labute approximate surface area is 125 Å². The molecule has 3 amide bonds. The van der Waals surface area contributed by atoms with Gasteiger partial charge in [0.05, 0.1) is 12.2 Å². The highest BCUT2D eigenvalue weighted by atomic mass is 19.2. The highest BCUT2D eigenvalue weighted by molar-refractivity contribution is 5.94. The molecular weight excluding hydrogens is 299 g/mol. The van der Waals surface area contributed by atoms with Crippen LogP contribution >= 0.6 is 0 Å². The average Bonchev–Trinajstić information content (AvgIpc) is 2.99. The first-order chi connectivity index (χ1) is 10.5. The number of hydrogen-bond donors (Lipinski definition) is 3. The summed E-state index contributed by atoms with van der Waals surface area (Å²) in [6.07, 6.45) is 3.92. The lowest BCUT2D eigenvalue weighted by atomic mass is 10.2. The van der Waals surface area contributed by atoms with Gasteiger partial charge >= 0.3 is 6.03 Å². The topological polar surface area (TPSA) is 70.2 Å². The van der Waals surface area contributed by atoms with E-state index in [9.17, 15) is 22.8 Å². The fourth-order valence-corrected chi connectivity index (χ4v) is 2.28. The molecule has 1 aromatic rings. The summed E-state index contributed by atoms with van der Waals surface area (Å²) in [6.45, 7) is -0.406. The van der Waals surface area contributed by atoms with E-state index in [0.717, 1.165) is 31.7 Å². The molecule has 0 spiro atoms. The first kappa shape index (κ1) is 16.1. The summed E-state index contributed by atoms with van der Waals surface area (Å²) in [5, 5.41) is 7.10. The van der Waals surface area contributed by atoms with Crippen LogP contribution < -0.4 is 16.0 Å². The fraction of sp³-hybridized carbons (Fsp3) is 0.429. The molecule has 8 heteroatoms. The number of amides is 3. The van der Waals surface area contributed by atoms with Gasteiger partial charge in [0, 0.05) is 6.04 Å². The van der Waals surface area contributed by atoms with Gasteiger partial charge < -0.3 is 16.0 Å². The second-order valence-electron chi connectivity index (χ2n) is 5.08. The van der Waals surface area contributed by atoms with Crippen molar-refractivity contribution >= 4 is 17.6 Å². The molecule has 1 aliphatic rings. The number of carbonyl (C=O) groups is 2. The van der Waals surface area contributed by atoms with Crippen LogP contribution in [0.15, 0.2) is 12.1 Å². The van der Waals surface area contributed by atoms with Crippen molar-refractivity contribution in [1.82, 2.24) is 10.6 Å². The maximum Gasteiger partial charge on any atom is 0.315 e. The van der Waals surface area contributed by atoms with Crippen LogP contribution in [0.4, 0.5) is 23.7 Å². The zero-order valence-corrected chi connectivity index (χ0v) is 11.7. The molecule has 22 heavy (non-hydrogen) atoms. The van der Waals surface area contributed by atoms with Crippen LogP contribution in [-0.4, -0.2) is 24.5 Å². The summed E-state index contributed by atoms with van der Waals surface area (Å²) in [6, 6.07) is 1.22. The van der Waals surface area contributed by atoms with E-state index < -0.39 is 41.6 Å². The molecule has 0 aromatic heterocycles. The molecule has 0 atom stereocenters. The molecule has 1 aromatic carbocycles. The molecular formula is C14H16F3N3O2. The van der Waals surface area contributed by atoms with Crippen molar-refractivity contribution in [2.45, 2.75) is 31.7 Å². The monoisotopic (exact) mass is 315 g/mol. The lowest BCUT2D eigenvalue weighted by molar-refractivity contribution is -0.115. The Morgan fingerprint density at radius 3 is 2.45 bits per heavy atom. The molecule has 2 rings (SSSR count). The maximum atomic E-state index is 13.4. The van der Waals surface area contributed by atoms with Crippen LogP contribution in [0.3, 0.4) is 0 Å². The third-order valence-corrected chi connectivity index (χ3v) is 3.41. The van der Waals surface area contributed by atoms with Crippen LogP contribution in [0.25, 0.3) is 0 Å². The van der Waals surface area contributed by atoms with Crippen molar-refractivity contribution < 1.29 is 22.8 Å². The predicted octanol–water partition coefficient (Wildman–Crippen LogP) is 2.28. The van der Waals surface area contributed by atoms with Gasteiger partial charge in [-0.2, -0.15) is 0 Å². The van der Waals surface area contributed by atoms with Gasteiger partial charge in [0.15, 0.2) is 17.5 Å². The largest absolute Gasteiger partial charge is 0.335 e. The van der Waals surface area contributed by atoms with Gasteiger partial charge in [-0.05, 0) is 25.0 Å². The van der Waals surface area contributed by atoms with Crippen molar-refractivity contribution in [2.24, 2.45) is 0 Å². The SMILES string of the molecule is O=C(CNC(=O)NC1CCCC1)Nc1ccc(F)c(F)c1F. The van der Waals surface area contributed by atoms with E-state index in [1.54, 1.807) is 0 Å². The molecule has 1 saturated carbocycles. The highest BCUT2D eigenvalue weighted by Crippen LogP contribution is 2.19. The molecule has 1 fully saturated rings. The quantitative estimate of drug-likeness (QED) is 0.746. The van der Waals surface area contributed by atoms with E-state index in [4.69, 9.17) is 0 Å². The van der Waals surface area contributed by atoms with Crippen LogP contribution in [0.1, 0.15) is 25.7 Å². The molecule has 120 valence electrons. The Hall–Kier alpha value is -2.25. The van der Waals surface area contributed by atoms with Crippen LogP contribution in [0.5, 0.6) is 0 Å². The Kier molecular flexibility index (Phi) is 5.24. The van der Waals surface area contributed by atoms with Crippen molar-refractivity contribution in [3.8, 4) is 0 Å². The van der Waals surface area contributed by atoms with E-state index in [2.05, 4.69) is 16.0 Å². The van der Waals surface area contributed by atoms with Gasteiger partial charge in [0.1, 0.15) is 0 Å². The summed E-state index contributed by atoms with van der Waals surface area (Å²) in [4.78, 5) is 23.1. The Morgan fingerprint density at radius 2 is 1.77 bits per heavy atom. The zero-order valence-electron chi connectivity index (χ0n) is 11.7. The second-order valence-corrected chi connectivity index (χ2v) is 5.08. The number of benzene rings is 1. The number of carbonyl (C=O) groups excluding carboxylic acids is 2. The minimum Gasteiger partial charge on any atom is -0.335 e. The highest BCUT2D eigenvalue weighted by Gasteiger charge is 2.18. The molecule has 0 aliphatic heterocycles. The number of urea groups is 1. The number of hydrogen-bond acceptors (Lipinski definition) is 2. The third kappa shape index (κ3) is 4.12. The summed E-state index contributed by atoms with van der Waals surface area (Å²) in [7, 11) is 0. The van der Waals surface area contributed by atoms with Gasteiger partial charge in [-0.15, -0.1) is 0 Å². The standard InChI is InChI=1S/C14H16F3N3O2/c15-9-5-6-10(13(17)12(9)16)20-11(21)7-18-14(22)19-8-3-1-2-4-8/h5-6,8H,1-4,7H2,(H,20,21)(H2,18,19,22). The van der Waals surface area contributed by atoms with Crippen LogP contribution in [0, 0.1) is 17.5 Å². The number of anilines is 1. The lowest BCUT2D eigenvalue weighted by Gasteiger charge is -2.13. The molecule has 3 N–H and O–H groups in total. The minimum atomic E-state index is -1.66. The first-order valence-corrected chi connectivity index (χ1v) is 6.95. The Balaban J connectivity index is 1.80. The molecule has 1 aliphatic carbocycles. The van der Waals surface area contributed by atoms with E-state index in [1.165, 1.54) is 0 Å². The summed E-state index contributed by atoms with van der Waals surface area (Å²) in [5.74, 6) is -5.23. The van der Waals surface area contributed by atoms with Crippen LogP contribution in [0.2, 0.25) is 0 Å².